The fourth-order valence-corrected chi connectivity index (χ4v) is 13.0. The van der Waals surface area contributed by atoms with Crippen molar-refractivity contribution in [2.75, 3.05) is 58.9 Å². The van der Waals surface area contributed by atoms with Crippen LogP contribution in [0.3, 0.4) is 0 Å². The van der Waals surface area contributed by atoms with E-state index in [1.807, 2.05) is 56.1 Å². The number of aromatic nitrogens is 1. The number of aldehydes is 1. The van der Waals surface area contributed by atoms with Gasteiger partial charge in [0.05, 0.1) is 25.9 Å². The minimum atomic E-state index is -2.08. The van der Waals surface area contributed by atoms with Crippen LogP contribution in [0.5, 0.6) is 5.75 Å². The van der Waals surface area contributed by atoms with Crippen LogP contribution in [0, 0.1) is 11.3 Å². The van der Waals surface area contributed by atoms with Crippen LogP contribution in [0.4, 0.5) is 5.69 Å². The smallest absolute Gasteiger partial charge is 0.322 e. The summed E-state index contributed by atoms with van der Waals surface area (Å²) in [5.74, 6) is 0.0292. The second kappa shape index (κ2) is 12.1. The Morgan fingerprint density at radius 1 is 1.06 bits per heavy atom. The Labute approximate surface area is 316 Å². The number of ether oxygens (including phenoxy) is 2. The van der Waals surface area contributed by atoms with Gasteiger partial charge in [-0.15, -0.1) is 0 Å². The molecule has 0 radical (unpaired) electrons. The summed E-state index contributed by atoms with van der Waals surface area (Å²) in [5, 5.41) is 37.7. The summed E-state index contributed by atoms with van der Waals surface area (Å²) in [5.41, 5.74) is -0.830. The Hall–Kier alpha value is -3.74. The Balaban J connectivity index is 1.36. The maximum atomic E-state index is 15.2. The zero-order chi connectivity index (χ0) is 38.0. The minimum absolute atomic E-state index is 0.0603. The molecule has 1 aliphatic carbocycles. The molecular weight excluding hydrogens is 684 g/mol. The van der Waals surface area contributed by atoms with Gasteiger partial charge in [-0.05, 0) is 74.2 Å². The highest BCUT2D eigenvalue weighted by Gasteiger charge is 2.77. The van der Waals surface area contributed by atoms with E-state index in [1.165, 1.54) is 7.11 Å². The van der Waals surface area contributed by atoms with Gasteiger partial charge in [0.1, 0.15) is 17.3 Å². The lowest BCUT2D eigenvalue weighted by Gasteiger charge is -2.62. The van der Waals surface area contributed by atoms with Crippen LogP contribution in [-0.4, -0.2) is 126 Å². The molecule has 1 saturated carbocycles. The van der Waals surface area contributed by atoms with Gasteiger partial charge in [0, 0.05) is 84.0 Å². The number of methoxy groups -OCH3 is 2. The van der Waals surface area contributed by atoms with Gasteiger partial charge in [-0.1, -0.05) is 44.2 Å². The van der Waals surface area contributed by atoms with Crippen molar-refractivity contribution < 1.29 is 34.4 Å². The van der Waals surface area contributed by atoms with Crippen molar-refractivity contribution in [3.8, 4) is 5.75 Å². The van der Waals surface area contributed by atoms with Crippen LogP contribution < -0.4 is 9.64 Å². The maximum absolute atomic E-state index is 15.2. The number of hydrogen-bond acceptors (Lipinski definition) is 10. The first-order valence-corrected chi connectivity index (χ1v) is 19.8. The summed E-state index contributed by atoms with van der Waals surface area (Å²) in [6.07, 6.45) is 6.72. The number of para-hydroxylation sites is 1. The van der Waals surface area contributed by atoms with Gasteiger partial charge in [-0.3, -0.25) is 19.4 Å². The molecule has 4 N–H and O–H groups in total. The molecular formula is C43H54N4O7. The van der Waals surface area contributed by atoms with Crippen molar-refractivity contribution in [1.82, 2.24) is 14.8 Å². The van der Waals surface area contributed by atoms with Crippen LogP contribution >= 0.6 is 0 Å². The number of esters is 1. The molecule has 9 rings (SSSR count). The highest BCUT2D eigenvalue weighted by Crippen LogP contribution is 2.67. The Bertz CT molecular complexity index is 2070. The fraction of sp³-hybridized carbons (Fsp3) is 0.581. The number of rotatable bonds is 6. The quantitative estimate of drug-likeness (QED) is 0.169. The van der Waals surface area contributed by atoms with Crippen molar-refractivity contribution in [2.45, 2.75) is 92.6 Å². The highest BCUT2D eigenvalue weighted by atomic mass is 16.5. The van der Waals surface area contributed by atoms with E-state index in [-0.39, 0.29) is 12.0 Å². The molecule has 6 aliphatic rings. The molecule has 6 heterocycles. The average Bonchev–Trinajstić information content (AvgIpc) is 3.85. The molecule has 10 atom stereocenters. The molecule has 0 amide bonds. The van der Waals surface area contributed by atoms with E-state index in [0.29, 0.717) is 69.2 Å². The zero-order valence-electron chi connectivity index (χ0n) is 32.1. The normalized spacial score (nSPS) is 39.5. The van der Waals surface area contributed by atoms with E-state index in [1.54, 1.807) is 7.11 Å². The van der Waals surface area contributed by atoms with Crippen LogP contribution in [0.2, 0.25) is 0 Å². The van der Waals surface area contributed by atoms with Crippen molar-refractivity contribution in [3.63, 3.8) is 0 Å². The summed E-state index contributed by atoms with van der Waals surface area (Å²) in [7, 11) is 4.96. The van der Waals surface area contributed by atoms with Crippen LogP contribution in [0.1, 0.15) is 68.3 Å². The third-order valence-electron chi connectivity index (χ3n) is 15.1. The zero-order valence-corrected chi connectivity index (χ0v) is 32.1. The number of carbonyl (C=O) groups is 2. The molecule has 1 spiro atoms. The van der Waals surface area contributed by atoms with Crippen molar-refractivity contribution in [3.05, 3.63) is 70.9 Å². The molecule has 288 valence electrons. The van der Waals surface area contributed by atoms with E-state index in [0.717, 1.165) is 53.0 Å². The van der Waals surface area contributed by atoms with Gasteiger partial charge in [-0.25, -0.2) is 0 Å². The summed E-state index contributed by atoms with van der Waals surface area (Å²) in [6, 6.07) is 11.3. The minimum Gasteiger partial charge on any atom is -0.496 e. The number of likely N-dealkylation sites (N-methyl/N-ethyl adjacent to an activating group) is 1. The first-order valence-electron chi connectivity index (χ1n) is 19.8. The second-order valence-corrected chi connectivity index (χ2v) is 17.3. The van der Waals surface area contributed by atoms with Gasteiger partial charge in [-0.2, -0.15) is 0 Å². The van der Waals surface area contributed by atoms with Crippen LogP contribution in [0.25, 0.3) is 10.9 Å². The first kappa shape index (κ1) is 35.9. The lowest BCUT2D eigenvalue weighted by molar-refractivity contribution is -0.193. The van der Waals surface area contributed by atoms with E-state index in [2.05, 4.69) is 33.0 Å². The van der Waals surface area contributed by atoms with Gasteiger partial charge < -0.3 is 34.7 Å². The number of benzene rings is 2. The number of aliphatic hydroxyl groups excluding tert-OH is 1. The Morgan fingerprint density at radius 2 is 1.85 bits per heavy atom. The van der Waals surface area contributed by atoms with Gasteiger partial charge in [0.25, 0.3) is 0 Å². The number of carbonyl (C=O) groups excluding carboxylic acids is 2. The molecule has 2 bridgehead atoms. The van der Waals surface area contributed by atoms with Crippen LogP contribution in [0.15, 0.2) is 48.6 Å². The lowest BCUT2D eigenvalue weighted by atomic mass is 9.48. The largest absolute Gasteiger partial charge is 0.496 e. The lowest BCUT2D eigenvalue weighted by Crippen LogP contribution is -2.79. The number of hydrogen-bond donors (Lipinski definition) is 4. The molecule has 11 nitrogen and oxygen atoms in total. The summed E-state index contributed by atoms with van der Waals surface area (Å²) >= 11 is 0. The number of aromatic amines is 1. The molecule has 3 fully saturated rings. The first-order chi connectivity index (χ1) is 25.9. The predicted molar refractivity (Wildman–Crippen MR) is 205 cm³/mol. The number of nitrogens with zero attached hydrogens (tertiary/aromatic N) is 3. The number of nitrogens with one attached hydrogen (secondary N) is 1. The molecule has 3 aromatic rings. The molecule has 2 saturated heterocycles. The topological polar surface area (TPSA) is 139 Å². The van der Waals surface area contributed by atoms with Crippen molar-refractivity contribution in [2.24, 2.45) is 11.3 Å². The van der Waals surface area contributed by atoms with Gasteiger partial charge in [0.2, 0.25) is 0 Å². The summed E-state index contributed by atoms with van der Waals surface area (Å²) in [4.78, 5) is 38.9. The summed E-state index contributed by atoms with van der Waals surface area (Å²) in [6.45, 7) is 7.54. The number of fused-ring (bicyclic) bond motifs is 6. The predicted octanol–water partition coefficient (Wildman–Crippen LogP) is 3.45. The van der Waals surface area contributed by atoms with E-state index in [4.69, 9.17) is 9.47 Å². The van der Waals surface area contributed by atoms with Crippen molar-refractivity contribution in [1.29, 1.82) is 0 Å². The SMILES string of the molecule is CCC1(O)CC2CN(CCc3c([nH]c4ccccc34)[C@@](C(=O)OC)(c3cc4c(cc3OC)N(C)C3[C@]45CCN4CC=C[C@](CC)(C45)[C@@H](O)[C@]3(O)C=O)C2)C1. The Morgan fingerprint density at radius 3 is 2.57 bits per heavy atom. The Kier molecular flexibility index (Phi) is 8.07. The molecule has 5 unspecified atom stereocenters. The average molecular weight is 739 g/mol. The molecule has 54 heavy (non-hydrogen) atoms. The standard InChI is InChI=1S/C43H54N4O7/c1-6-39(51)21-26-22-42(38(50)54-5,34-28(13-17-46(23-26)24-39)27-11-8-9-12-31(27)44-34)30-19-29-32(20-33(30)53-4)45(3)36-41(29)15-18-47-16-10-14-40(7-2,35(41)47)37(49)43(36,52)25-48/h8-12,14,19-20,25-26,35-37,44,49,51-52H,6-7,13,15-18,21-24H2,1-5H3/t26?,35?,36?,37-,39?,40-,41-,42+,43+/m1/s1. The number of piperidine rings is 1. The third kappa shape index (κ3) is 4.36. The molecule has 1 aromatic heterocycles. The molecule has 11 heteroatoms. The van der Waals surface area contributed by atoms with Crippen LogP contribution in [-0.2, 0) is 31.6 Å². The van der Waals surface area contributed by atoms with E-state index in [9.17, 15) is 20.1 Å². The fourth-order valence-electron chi connectivity index (χ4n) is 13.0. The molecule has 5 aliphatic heterocycles. The number of H-pyrrole nitrogens is 1. The second-order valence-electron chi connectivity index (χ2n) is 17.3. The molecule has 2 aromatic carbocycles. The van der Waals surface area contributed by atoms with E-state index < -0.39 is 45.6 Å². The summed E-state index contributed by atoms with van der Waals surface area (Å²) < 4.78 is 12.2. The van der Waals surface area contributed by atoms with Crippen molar-refractivity contribution >= 4 is 28.8 Å². The maximum Gasteiger partial charge on any atom is 0.322 e. The number of anilines is 1. The van der Waals surface area contributed by atoms with E-state index >= 15 is 4.79 Å². The monoisotopic (exact) mass is 738 g/mol. The number of aliphatic hydroxyl groups is 3. The highest BCUT2D eigenvalue weighted by molar-refractivity contribution is 5.94. The van der Waals surface area contributed by atoms with Gasteiger partial charge in [0.15, 0.2) is 11.9 Å². The van der Waals surface area contributed by atoms with Gasteiger partial charge >= 0.3 is 5.97 Å². The third-order valence-corrected chi connectivity index (χ3v) is 15.1.